The summed E-state index contributed by atoms with van der Waals surface area (Å²) < 4.78 is 5.46. The molecule has 0 aliphatic rings. The number of rotatable bonds is 6. The van der Waals surface area contributed by atoms with Crippen LogP contribution >= 0.6 is 0 Å². The number of hydrogen-bond acceptors (Lipinski definition) is 5. The molecule has 4 aromatic rings. The monoisotopic (exact) mass is 400 g/mol. The topological polar surface area (TPSA) is 97.0 Å². The predicted molar refractivity (Wildman–Crippen MR) is 114 cm³/mol. The number of nitrogens with zero attached hydrogens (tertiary/aromatic N) is 2. The molecule has 0 aliphatic heterocycles. The highest BCUT2D eigenvalue weighted by Gasteiger charge is 2.22. The van der Waals surface area contributed by atoms with Gasteiger partial charge in [0.1, 0.15) is 5.82 Å². The summed E-state index contributed by atoms with van der Waals surface area (Å²) >= 11 is 0. The number of pyridine rings is 1. The minimum atomic E-state index is -0.888. The maximum atomic E-state index is 12.6. The average molecular weight is 400 g/mol. The van der Waals surface area contributed by atoms with Crippen molar-refractivity contribution in [1.82, 2.24) is 15.0 Å². The van der Waals surface area contributed by atoms with Gasteiger partial charge in [-0.05, 0) is 48.9 Å². The molecule has 7 heteroatoms. The Balaban J connectivity index is 1.50. The molecule has 7 nitrogen and oxygen atoms in total. The number of carbonyl (C=O) groups excluding carboxylic acids is 2. The molecule has 4 rings (SSSR count). The van der Waals surface area contributed by atoms with Crippen molar-refractivity contribution in [2.45, 2.75) is 19.4 Å². The Hall–Kier alpha value is -4.00. The molecule has 1 atom stereocenters. The summed E-state index contributed by atoms with van der Waals surface area (Å²) in [7, 11) is 0. The first-order valence-corrected chi connectivity index (χ1v) is 9.61. The number of aromatic nitrogens is 3. The molecule has 0 fully saturated rings. The summed E-state index contributed by atoms with van der Waals surface area (Å²) in [6.07, 6.45) is 2.88. The Bertz CT molecular complexity index is 1170. The van der Waals surface area contributed by atoms with Crippen LogP contribution in [0.4, 0.5) is 5.69 Å². The first kappa shape index (κ1) is 19.3. The van der Waals surface area contributed by atoms with E-state index in [1.165, 1.54) is 0 Å². The fourth-order valence-corrected chi connectivity index (χ4v) is 3.04. The number of esters is 1. The lowest BCUT2D eigenvalue weighted by molar-refractivity contribution is -0.124. The van der Waals surface area contributed by atoms with Gasteiger partial charge in [0.25, 0.3) is 5.91 Å². The number of H-pyrrole nitrogens is 1. The van der Waals surface area contributed by atoms with Crippen LogP contribution in [0, 0.1) is 0 Å². The highest BCUT2D eigenvalue weighted by atomic mass is 16.5. The molecule has 0 saturated carbocycles. The van der Waals surface area contributed by atoms with Crippen LogP contribution in [0.25, 0.3) is 22.4 Å². The van der Waals surface area contributed by atoms with E-state index in [0.717, 1.165) is 11.1 Å². The predicted octanol–water partition coefficient (Wildman–Crippen LogP) is 4.20. The van der Waals surface area contributed by atoms with Crippen LogP contribution in [0.2, 0.25) is 0 Å². The summed E-state index contributed by atoms with van der Waals surface area (Å²) in [5, 5.41) is 2.76. The van der Waals surface area contributed by atoms with Crippen molar-refractivity contribution in [1.29, 1.82) is 0 Å². The maximum absolute atomic E-state index is 12.6. The molecule has 2 aromatic heterocycles. The van der Waals surface area contributed by atoms with Crippen molar-refractivity contribution in [2.75, 3.05) is 5.32 Å². The number of carbonyl (C=O) groups is 2. The third-order valence-corrected chi connectivity index (χ3v) is 4.61. The second-order valence-corrected chi connectivity index (χ2v) is 6.72. The van der Waals surface area contributed by atoms with E-state index in [9.17, 15) is 9.59 Å². The van der Waals surface area contributed by atoms with E-state index in [0.29, 0.717) is 29.0 Å². The van der Waals surface area contributed by atoms with E-state index in [4.69, 9.17) is 4.74 Å². The highest BCUT2D eigenvalue weighted by molar-refractivity contribution is 5.98. The molecular weight excluding hydrogens is 380 g/mol. The largest absolute Gasteiger partial charge is 0.449 e. The highest BCUT2D eigenvalue weighted by Crippen LogP contribution is 2.21. The lowest BCUT2D eigenvalue weighted by Crippen LogP contribution is -2.32. The maximum Gasteiger partial charge on any atom is 0.338 e. The summed E-state index contributed by atoms with van der Waals surface area (Å²) in [5.41, 5.74) is 3.26. The van der Waals surface area contributed by atoms with Crippen molar-refractivity contribution in [3.05, 3.63) is 78.6 Å². The summed E-state index contributed by atoms with van der Waals surface area (Å²) in [5.74, 6) is -0.264. The molecule has 0 saturated heterocycles. The Morgan fingerprint density at radius 1 is 1.10 bits per heavy atom. The minimum Gasteiger partial charge on any atom is -0.449 e. The molecule has 150 valence electrons. The third kappa shape index (κ3) is 4.20. The first-order valence-electron chi connectivity index (χ1n) is 9.61. The van der Waals surface area contributed by atoms with Crippen molar-refractivity contribution in [3.8, 4) is 11.4 Å². The van der Waals surface area contributed by atoms with E-state index in [-0.39, 0.29) is 5.91 Å². The molecule has 0 aliphatic carbocycles. The van der Waals surface area contributed by atoms with Gasteiger partial charge >= 0.3 is 5.97 Å². The fraction of sp³-hybridized carbons (Fsp3) is 0.130. The number of benzene rings is 2. The standard InChI is InChI=1S/C23H20N4O3/c1-2-20(22(28)25-17-8-4-3-5-9-17)30-23(29)15-10-11-18-19(13-15)27-21(26-18)16-7-6-12-24-14-16/h3-14,20H,2H2,1H3,(H,25,28)(H,26,27). The molecule has 1 unspecified atom stereocenters. The van der Waals surface area contributed by atoms with Gasteiger partial charge in [0, 0.05) is 23.6 Å². The Kier molecular flexibility index (Phi) is 5.52. The van der Waals surface area contributed by atoms with Crippen LogP contribution in [0.15, 0.2) is 73.1 Å². The molecule has 2 N–H and O–H groups in total. The number of para-hydroxylation sites is 1. The van der Waals surface area contributed by atoms with Gasteiger partial charge in [-0.15, -0.1) is 0 Å². The molecule has 2 aromatic carbocycles. The van der Waals surface area contributed by atoms with Crippen molar-refractivity contribution >= 4 is 28.6 Å². The first-order chi connectivity index (χ1) is 14.6. The number of hydrogen-bond donors (Lipinski definition) is 2. The molecule has 1 amide bonds. The van der Waals surface area contributed by atoms with Crippen LogP contribution in [0.1, 0.15) is 23.7 Å². The van der Waals surface area contributed by atoms with E-state index in [1.54, 1.807) is 49.6 Å². The van der Waals surface area contributed by atoms with Crippen LogP contribution < -0.4 is 5.32 Å². The lowest BCUT2D eigenvalue weighted by atomic mass is 10.2. The Morgan fingerprint density at radius 2 is 1.93 bits per heavy atom. The number of imidazole rings is 1. The van der Waals surface area contributed by atoms with Crippen molar-refractivity contribution < 1.29 is 14.3 Å². The van der Waals surface area contributed by atoms with Gasteiger partial charge in [0.15, 0.2) is 6.10 Å². The molecular formula is C23H20N4O3. The third-order valence-electron chi connectivity index (χ3n) is 4.61. The van der Waals surface area contributed by atoms with E-state index in [2.05, 4.69) is 20.3 Å². The second kappa shape index (κ2) is 8.57. The number of amides is 1. The normalized spacial score (nSPS) is 11.8. The second-order valence-electron chi connectivity index (χ2n) is 6.72. The van der Waals surface area contributed by atoms with Crippen LogP contribution in [-0.4, -0.2) is 32.9 Å². The van der Waals surface area contributed by atoms with Gasteiger partial charge in [-0.2, -0.15) is 0 Å². The number of nitrogens with one attached hydrogen (secondary N) is 2. The number of anilines is 1. The lowest BCUT2D eigenvalue weighted by Gasteiger charge is -2.16. The van der Waals surface area contributed by atoms with E-state index < -0.39 is 12.1 Å². The van der Waals surface area contributed by atoms with Gasteiger partial charge in [-0.25, -0.2) is 9.78 Å². The fourth-order valence-electron chi connectivity index (χ4n) is 3.04. The Morgan fingerprint density at radius 3 is 2.67 bits per heavy atom. The zero-order chi connectivity index (χ0) is 20.9. The van der Waals surface area contributed by atoms with E-state index >= 15 is 0 Å². The molecule has 0 radical (unpaired) electrons. The SMILES string of the molecule is CCC(OC(=O)c1ccc2nc(-c3cccnc3)[nH]c2c1)C(=O)Nc1ccccc1. The zero-order valence-corrected chi connectivity index (χ0v) is 16.3. The minimum absolute atomic E-state index is 0.342. The van der Waals surface area contributed by atoms with Gasteiger partial charge in [0.2, 0.25) is 0 Å². The van der Waals surface area contributed by atoms with Crippen molar-refractivity contribution in [2.24, 2.45) is 0 Å². The summed E-state index contributed by atoms with van der Waals surface area (Å²) in [6.45, 7) is 1.79. The average Bonchev–Trinajstić information content (AvgIpc) is 3.22. The molecule has 2 heterocycles. The summed E-state index contributed by atoms with van der Waals surface area (Å²) in [6, 6.07) is 17.8. The molecule has 30 heavy (non-hydrogen) atoms. The van der Waals surface area contributed by atoms with Gasteiger partial charge < -0.3 is 15.0 Å². The molecule has 0 bridgehead atoms. The zero-order valence-electron chi connectivity index (χ0n) is 16.3. The van der Waals surface area contributed by atoms with Crippen LogP contribution in [0.3, 0.4) is 0 Å². The quantitative estimate of drug-likeness (QED) is 0.473. The van der Waals surface area contributed by atoms with E-state index in [1.807, 2.05) is 30.3 Å². The number of aromatic amines is 1. The Labute approximate surface area is 173 Å². The van der Waals surface area contributed by atoms with Crippen molar-refractivity contribution in [3.63, 3.8) is 0 Å². The summed E-state index contributed by atoms with van der Waals surface area (Å²) in [4.78, 5) is 36.9. The van der Waals surface area contributed by atoms with Gasteiger partial charge in [-0.1, -0.05) is 25.1 Å². The number of fused-ring (bicyclic) bond motifs is 1. The van der Waals surface area contributed by atoms with Gasteiger partial charge in [0.05, 0.1) is 16.6 Å². The molecule has 0 spiro atoms. The van der Waals surface area contributed by atoms with Crippen LogP contribution in [-0.2, 0) is 9.53 Å². The van der Waals surface area contributed by atoms with Crippen LogP contribution in [0.5, 0.6) is 0 Å². The van der Waals surface area contributed by atoms with Gasteiger partial charge in [-0.3, -0.25) is 9.78 Å². The smallest absolute Gasteiger partial charge is 0.338 e. The number of ether oxygens (including phenoxy) is 1.